The molecule has 0 spiro atoms. The van der Waals surface area contributed by atoms with Crippen molar-refractivity contribution in [1.82, 2.24) is 0 Å². The van der Waals surface area contributed by atoms with E-state index in [1.807, 2.05) is 0 Å². The van der Waals surface area contributed by atoms with Gasteiger partial charge in [-0.2, -0.15) is 0 Å². The zero-order valence-electron chi connectivity index (χ0n) is 13.0. The number of rotatable bonds is 7. The lowest BCUT2D eigenvalue weighted by molar-refractivity contribution is 0.102. The van der Waals surface area contributed by atoms with Crippen LogP contribution >= 0.6 is 0 Å². The first-order valence-corrected chi connectivity index (χ1v) is 8.04. The predicted octanol–water partition coefficient (Wildman–Crippen LogP) is 3.67. The Morgan fingerprint density at radius 2 is 2.05 bits per heavy atom. The smallest absolute Gasteiger partial charge is 0.0475 e. The largest absolute Gasteiger partial charge is 0.381 e. The molecule has 0 saturated heterocycles. The number of aryl methyl sites for hydroxylation is 1. The van der Waals surface area contributed by atoms with Crippen molar-refractivity contribution in [3.05, 3.63) is 35.4 Å². The van der Waals surface area contributed by atoms with Crippen LogP contribution in [-0.4, -0.2) is 19.8 Å². The first-order valence-electron chi connectivity index (χ1n) is 8.04. The van der Waals surface area contributed by atoms with E-state index in [0.29, 0.717) is 5.92 Å². The van der Waals surface area contributed by atoms with Gasteiger partial charge in [0.25, 0.3) is 0 Å². The molecule has 0 aromatic heterocycles. The summed E-state index contributed by atoms with van der Waals surface area (Å²) in [5.74, 6) is 0.717. The fourth-order valence-electron chi connectivity index (χ4n) is 3.27. The molecule has 0 amide bonds. The fourth-order valence-corrected chi connectivity index (χ4v) is 3.27. The van der Waals surface area contributed by atoms with Crippen LogP contribution in [0.2, 0.25) is 0 Å². The molecule has 1 aliphatic carbocycles. The quantitative estimate of drug-likeness (QED) is 0.771. The van der Waals surface area contributed by atoms with Crippen molar-refractivity contribution in [2.45, 2.75) is 51.4 Å². The Kier molecular flexibility index (Phi) is 5.62. The normalized spacial score (nSPS) is 22.0. The maximum absolute atomic E-state index is 6.16. The number of hydrogen-bond acceptors (Lipinski definition) is 2. The van der Waals surface area contributed by atoms with E-state index < -0.39 is 0 Å². The summed E-state index contributed by atoms with van der Waals surface area (Å²) in [5, 5.41) is 0. The highest BCUT2D eigenvalue weighted by atomic mass is 16.5. The summed E-state index contributed by atoms with van der Waals surface area (Å²) in [4.78, 5) is 0. The zero-order chi connectivity index (χ0) is 14.4. The predicted molar refractivity (Wildman–Crippen MR) is 85.0 cm³/mol. The van der Waals surface area contributed by atoms with Crippen molar-refractivity contribution < 1.29 is 4.74 Å². The molecule has 0 fully saturated rings. The molecule has 1 atom stereocenters. The zero-order valence-corrected chi connectivity index (χ0v) is 13.0. The Labute approximate surface area is 123 Å². The van der Waals surface area contributed by atoms with Gasteiger partial charge in [-0.25, -0.2) is 0 Å². The number of ether oxygens (including phenoxy) is 1. The van der Waals surface area contributed by atoms with Crippen LogP contribution in [0.4, 0.5) is 0 Å². The molecule has 0 aliphatic heterocycles. The van der Waals surface area contributed by atoms with E-state index in [2.05, 4.69) is 38.1 Å². The van der Waals surface area contributed by atoms with Gasteiger partial charge in [-0.05, 0) is 49.1 Å². The van der Waals surface area contributed by atoms with Gasteiger partial charge in [0.2, 0.25) is 0 Å². The van der Waals surface area contributed by atoms with E-state index in [9.17, 15) is 0 Å². The molecule has 2 N–H and O–H groups in total. The first kappa shape index (κ1) is 15.5. The summed E-state index contributed by atoms with van der Waals surface area (Å²) < 4.78 is 5.83. The molecule has 1 unspecified atom stereocenters. The third kappa shape index (κ3) is 3.62. The summed E-state index contributed by atoms with van der Waals surface area (Å²) in [6.07, 6.45) is 5.85. The van der Waals surface area contributed by atoms with Crippen LogP contribution in [-0.2, 0) is 16.6 Å². The van der Waals surface area contributed by atoms with Crippen molar-refractivity contribution in [3.8, 4) is 0 Å². The van der Waals surface area contributed by atoms with Gasteiger partial charge in [-0.1, -0.05) is 38.1 Å². The van der Waals surface area contributed by atoms with E-state index in [0.717, 1.165) is 32.6 Å². The van der Waals surface area contributed by atoms with Crippen LogP contribution < -0.4 is 5.73 Å². The van der Waals surface area contributed by atoms with Gasteiger partial charge in [0.05, 0.1) is 0 Å². The minimum Gasteiger partial charge on any atom is -0.381 e. The molecule has 112 valence electrons. The molecular formula is C18H29NO. The lowest BCUT2D eigenvalue weighted by Crippen LogP contribution is -2.39. The van der Waals surface area contributed by atoms with Crippen molar-refractivity contribution in [2.24, 2.45) is 11.7 Å². The second-order valence-corrected chi connectivity index (χ2v) is 6.54. The van der Waals surface area contributed by atoms with Crippen molar-refractivity contribution in [3.63, 3.8) is 0 Å². The first-order chi connectivity index (χ1) is 9.68. The number of nitrogens with two attached hydrogens (primary N) is 1. The second-order valence-electron chi connectivity index (χ2n) is 6.54. The molecule has 0 bridgehead atoms. The highest BCUT2D eigenvalue weighted by Gasteiger charge is 2.34. The maximum Gasteiger partial charge on any atom is 0.0475 e. The Balaban J connectivity index is 1.97. The molecule has 20 heavy (non-hydrogen) atoms. The Hall–Kier alpha value is -0.860. The van der Waals surface area contributed by atoms with Crippen molar-refractivity contribution in [2.75, 3.05) is 19.8 Å². The number of hydrogen-bond donors (Lipinski definition) is 1. The summed E-state index contributed by atoms with van der Waals surface area (Å²) in [6, 6.07) is 8.83. The van der Waals surface area contributed by atoms with E-state index in [4.69, 9.17) is 10.5 Å². The van der Waals surface area contributed by atoms with Crippen molar-refractivity contribution >= 4 is 0 Å². The van der Waals surface area contributed by atoms with Crippen LogP contribution in [0, 0.1) is 5.92 Å². The molecule has 1 aromatic carbocycles. The maximum atomic E-state index is 6.16. The fraction of sp³-hybridized carbons (Fsp3) is 0.667. The summed E-state index contributed by atoms with van der Waals surface area (Å²) in [6.45, 7) is 6.92. The van der Waals surface area contributed by atoms with Crippen LogP contribution in [0.5, 0.6) is 0 Å². The monoisotopic (exact) mass is 275 g/mol. The van der Waals surface area contributed by atoms with Crippen LogP contribution in [0.25, 0.3) is 0 Å². The van der Waals surface area contributed by atoms with Gasteiger partial charge in [-0.3, -0.25) is 0 Å². The van der Waals surface area contributed by atoms with Gasteiger partial charge in [0, 0.05) is 25.2 Å². The SMILES string of the molecule is CC(C)CCOCCC1(CN)CCCc2ccccc21. The Bertz CT molecular complexity index is 416. The molecule has 2 heteroatoms. The van der Waals surface area contributed by atoms with E-state index in [-0.39, 0.29) is 5.41 Å². The average Bonchev–Trinajstić information content (AvgIpc) is 2.46. The minimum absolute atomic E-state index is 0.146. The highest BCUT2D eigenvalue weighted by Crippen LogP contribution is 2.39. The van der Waals surface area contributed by atoms with Gasteiger partial charge in [-0.15, -0.1) is 0 Å². The molecule has 1 aliphatic rings. The third-order valence-corrected chi connectivity index (χ3v) is 4.65. The Morgan fingerprint density at radius 3 is 2.80 bits per heavy atom. The van der Waals surface area contributed by atoms with E-state index in [1.54, 1.807) is 0 Å². The Morgan fingerprint density at radius 1 is 1.25 bits per heavy atom. The van der Waals surface area contributed by atoms with Gasteiger partial charge in [0.15, 0.2) is 0 Å². The second kappa shape index (κ2) is 7.24. The average molecular weight is 275 g/mol. The third-order valence-electron chi connectivity index (χ3n) is 4.65. The molecule has 0 heterocycles. The molecular weight excluding hydrogens is 246 g/mol. The van der Waals surface area contributed by atoms with Gasteiger partial charge < -0.3 is 10.5 Å². The lowest BCUT2D eigenvalue weighted by Gasteiger charge is -2.38. The minimum atomic E-state index is 0.146. The number of benzene rings is 1. The molecule has 2 nitrogen and oxygen atoms in total. The summed E-state index contributed by atoms with van der Waals surface area (Å²) in [7, 11) is 0. The van der Waals surface area contributed by atoms with Gasteiger partial charge in [0.1, 0.15) is 0 Å². The standard InChI is InChI=1S/C18H29NO/c1-15(2)9-12-20-13-11-18(14-19)10-5-7-16-6-3-4-8-17(16)18/h3-4,6,8,15H,5,7,9-14,19H2,1-2H3. The summed E-state index contributed by atoms with van der Waals surface area (Å²) in [5.41, 5.74) is 9.27. The van der Waals surface area contributed by atoms with Crippen LogP contribution in [0.15, 0.2) is 24.3 Å². The van der Waals surface area contributed by atoms with Crippen LogP contribution in [0.1, 0.15) is 50.7 Å². The molecule has 0 radical (unpaired) electrons. The molecule has 0 saturated carbocycles. The molecule has 2 rings (SSSR count). The lowest BCUT2D eigenvalue weighted by atomic mass is 9.68. The topological polar surface area (TPSA) is 35.2 Å². The van der Waals surface area contributed by atoms with Gasteiger partial charge >= 0.3 is 0 Å². The highest BCUT2D eigenvalue weighted by molar-refractivity contribution is 5.37. The van der Waals surface area contributed by atoms with E-state index >= 15 is 0 Å². The number of fused-ring (bicyclic) bond motifs is 1. The van der Waals surface area contributed by atoms with Crippen molar-refractivity contribution in [1.29, 1.82) is 0 Å². The van der Waals surface area contributed by atoms with Crippen LogP contribution in [0.3, 0.4) is 0 Å². The molecule has 1 aromatic rings. The van der Waals surface area contributed by atoms with E-state index in [1.165, 1.54) is 30.4 Å². The summed E-state index contributed by atoms with van der Waals surface area (Å²) >= 11 is 0.